The van der Waals surface area contributed by atoms with Crippen LogP contribution in [0, 0.1) is 5.92 Å². The fraction of sp³-hybridized carbons (Fsp3) is 0.529. The summed E-state index contributed by atoms with van der Waals surface area (Å²) in [6.07, 6.45) is 3.82. The normalized spacial score (nSPS) is 24.7. The number of hydrogen-bond acceptors (Lipinski definition) is 3. The van der Waals surface area contributed by atoms with Gasteiger partial charge >= 0.3 is 5.97 Å². The average molecular weight is 305 g/mol. The molecule has 0 aliphatic heterocycles. The van der Waals surface area contributed by atoms with Crippen molar-refractivity contribution in [3.63, 3.8) is 0 Å². The minimum absolute atomic E-state index is 0.118. The lowest BCUT2D eigenvalue weighted by atomic mass is 9.75. The standard InChI is InChI=1S/C17H23NO4/c1-2-12-7-9-17(10-8-12,16(21)22)18-15(20)11-13-3-5-14(19)6-4-13/h3-6,12,19H,2,7-11H2,1H3,(H,18,20)(H,21,22). The van der Waals surface area contributed by atoms with Gasteiger partial charge in [-0.2, -0.15) is 0 Å². The first kappa shape index (κ1) is 16.3. The molecule has 3 N–H and O–H groups in total. The van der Waals surface area contributed by atoms with E-state index >= 15 is 0 Å². The Morgan fingerprint density at radius 3 is 2.32 bits per heavy atom. The molecule has 1 saturated carbocycles. The van der Waals surface area contributed by atoms with E-state index < -0.39 is 11.5 Å². The highest BCUT2D eigenvalue weighted by molar-refractivity contribution is 5.88. The monoisotopic (exact) mass is 305 g/mol. The highest BCUT2D eigenvalue weighted by Gasteiger charge is 2.42. The van der Waals surface area contributed by atoms with Crippen LogP contribution in [0.25, 0.3) is 0 Å². The highest BCUT2D eigenvalue weighted by atomic mass is 16.4. The Hall–Kier alpha value is -2.04. The minimum Gasteiger partial charge on any atom is -0.508 e. The first-order chi connectivity index (χ1) is 10.4. The largest absolute Gasteiger partial charge is 0.508 e. The number of aromatic hydroxyl groups is 1. The van der Waals surface area contributed by atoms with E-state index in [1.54, 1.807) is 12.1 Å². The summed E-state index contributed by atoms with van der Waals surface area (Å²) < 4.78 is 0. The van der Waals surface area contributed by atoms with Crippen molar-refractivity contribution in [2.75, 3.05) is 0 Å². The molecule has 1 aromatic rings. The summed E-state index contributed by atoms with van der Waals surface area (Å²) in [4.78, 5) is 23.8. The van der Waals surface area contributed by atoms with E-state index in [2.05, 4.69) is 12.2 Å². The van der Waals surface area contributed by atoms with Crippen LogP contribution in [0.15, 0.2) is 24.3 Å². The Morgan fingerprint density at radius 1 is 1.23 bits per heavy atom. The number of hydrogen-bond donors (Lipinski definition) is 3. The van der Waals surface area contributed by atoms with Crippen LogP contribution in [0.2, 0.25) is 0 Å². The van der Waals surface area contributed by atoms with Gasteiger partial charge in [0.2, 0.25) is 5.91 Å². The summed E-state index contributed by atoms with van der Waals surface area (Å²) in [7, 11) is 0. The van der Waals surface area contributed by atoms with E-state index in [9.17, 15) is 19.8 Å². The summed E-state index contributed by atoms with van der Waals surface area (Å²) in [6.45, 7) is 2.11. The molecule has 0 spiro atoms. The van der Waals surface area contributed by atoms with E-state index in [4.69, 9.17) is 0 Å². The van der Waals surface area contributed by atoms with Gasteiger partial charge in [-0.25, -0.2) is 4.79 Å². The summed E-state index contributed by atoms with van der Waals surface area (Å²) in [6, 6.07) is 6.36. The molecule has 0 atom stereocenters. The zero-order chi connectivity index (χ0) is 16.2. The fourth-order valence-electron chi connectivity index (χ4n) is 3.08. The molecule has 1 fully saturated rings. The van der Waals surface area contributed by atoms with Crippen molar-refractivity contribution in [3.8, 4) is 5.75 Å². The number of benzene rings is 1. The van der Waals surface area contributed by atoms with Crippen LogP contribution in [-0.4, -0.2) is 27.6 Å². The lowest BCUT2D eigenvalue weighted by molar-refractivity contribution is -0.149. The number of phenolic OH excluding ortho intramolecular Hbond substituents is 1. The van der Waals surface area contributed by atoms with E-state index in [1.165, 1.54) is 12.1 Å². The number of amides is 1. The second kappa shape index (κ2) is 6.81. The van der Waals surface area contributed by atoms with Gasteiger partial charge < -0.3 is 15.5 Å². The Morgan fingerprint density at radius 2 is 1.82 bits per heavy atom. The van der Waals surface area contributed by atoms with Gasteiger partial charge in [0.05, 0.1) is 6.42 Å². The molecule has 5 heteroatoms. The van der Waals surface area contributed by atoms with E-state index in [-0.39, 0.29) is 18.1 Å². The molecule has 0 bridgehead atoms. The summed E-state index contributed by atoms with van der Waals surface area (Å²) >= 11 is 0. The number of phenols is 1. The maximum Gasteiger partial charge on any atom is 0.329 e. The second-order valence-electron chi connectivity index (χ2n) is 6.13. The quantitative estimate of drug-likeness (QED) is 0.780. The number of rotatable bonds is 5. The molecule has 120 valence electrons. The zero-order valence-electron chi connectivity index (χ0n) is 12.8. The molecule has 0 aromatic heterocycles. The third-order valence-electron chi connectivity index (χ3n) is 4.63. The molecule has 22 heavy (non-hydrogen) atoms. The number of aliphatic carboxylic acids is 1. The van der Waals surface area contributed by atoms with E-state index in [1.807, 2.05) is 0 Å². The SMILES string of the molecule is CCC1CCC(NC(=O)Cc2ccc(O)cc2)(C(=O)O)CC1. The molecule has 2 rings (SSSR count). The van der Waals surface area contributed by atoms with Crippen LogP contribution >= 0.6 is 0 Å². The summed E-state index contributed by atoms with van der Waals surface area (Å²) in [5.74, 6) is -0.533. The molecular formula is C17H23NO4. The molecule has 0 radical (unpaired) electrons. The van der Waals surface area contributed by atoms with Gasteiger partial charge in [-0.3, -0.25) is 4.79 Å². The van der Waals surface area contributed by atoms with Crippen molar-refractivity contribution < 1.29 is 19.8 Å². The molecule has 1 aliphatic carbocycles. The van der Waals surface area contributed by atoms with Crippen LogP contribution in [0.4, 0.5) is 0 Å². The van der Waals surface area contributed by atoms with E-state index in [0.29, 0.717) is 18.8 Å². The summed E-state index contributed by atoms with van der Waals surface area (Å²) in [5, 5.41) is 21.5. The third kappa shape index (κ3) is 3.78. The van der Waals surface area contributed by atoms with Gasteiger partial charge in [-0.15, -0.1) is 0 Å². The maximum absolute atomic E-state index is 12.2. The second-order valence-corrected chi connectivity index (χ2v) is 6.13. The predicted octanol–water partition coefficient (Wildman–Crippen LogP) is 2.47. The Bertz CT molecular complexity index is 530. The third-order valence-corrected chi connectivity index (χ3v) is 4.63. The number of carboxylic acid groups (broad SMARTS) is 1. The zero-order valence-corrected chi connectivity index (χ0v) is 12.8. The Kier molecular flexibility index (Phi) is 5.06. The molecule has 0 heterocycles. The Labute approximate surface area is 130 Å². The maximum atomic E-state index is 12.2. The molecule has 0 saturated heterocycles. The first-order valence-electron chi connectivity index (χ1n) is 7.77. The molecule has 1 aliphatic rings. The summed E-state index contributed by atoms with van der Waals surface area (Å²) in [5.41, 5.74) is -0.377. The number of carboxylic acids is 1. The van der Waals surface area contributed by atoms with Crippen molar-refractivity contribution in [1.82, 2.24) is 5.32 Å². The lowest BCUT2D eigenvalue weighted by Crippen LogP contribution is -2.56. The van der Waals surface area contributed by atoms with Gasteiger partial charge in [0.1, 0.15) is 11.3 Å². The number of carbonyl (C=O) groups is 2. The Balaban J connectivity index is 2.00. The van der Waals surface area contributed by atoms with Crippen molar-refractivity contribution >= 4 is 11.9 Å². The average Bonchev–Trinajstić information content (AvgIpc) is 2.50. The highest BCUT2D eigenvalue weighted by Crippen LogP contribution is 2.34. The van der Waals surface area contributed by atoms with Crippen molar-refractivity contribution in [3.05, 3.63) is 29.8 Å². The molecular weight excluding hydrogens is 282 g/mol. The van der Waals surface area contributed by atoms with Crippen molar-refractivity contribution in [2.45, 2.75) is 51.0 Å². The van der Waals surface area contributed by atoms with Crippen LogP contribution in [0.1, 0.15) is 44.6 Å². The van der Waals surface area contributed by atoms with Gasteiger partial charge in [0.15, 0.2) is 0 Å². The van der Waals surface area contributed by atoms with Crippen LogP contribution < -0.4 is 5.32 Å². The topological polar surface area (TPSA) is 86.6 Å². The van der Waals surface area contributed by atoms with Gasteiger partial charge in [0.25, 0.3) is 0 Å². The van der Waals surface area contributed by atoms with Gasteiger partial charge in [-0.1, -0.05) is 25.5 Å². The first-order valence-corrected chi connectivity index (χ1v) is 7.77. The lowest BCUT2D eigenvalue weighted by Gasteiger charge is -2.37. The fourth-order valence-corrected chi connectivity index (χ4v) is 3.08. The smallest absolute Gasteiger partial charge is 0.329 e. The van der Waals surface area contributed by atoms with Gasteiger partial charge in [-0.05, 0) is 49.3 Å². The molecule has 0 unspecified atom stereocenters. The van der Waals surface area contributed by atoms with Crippen LogP contribution in [0.5, 0.6) is 5.75 Å². The molecule has 1 aromatic carbocycles. The molecule has 5 nitrogen and oxygen atoms in total. The minimum atomic E-state index is -1.13. The van der Waals surface area contributed by atoms with Crippen LogP contribution in [-0.2, 0) is 16.0 Å². The van der Waals surface area contributed by atoms with Gasteiger partial charge in [0, 0.05) is 0 Å². The predicted molar refractivity (Wildman–Crippen MR) is 82.6 cm³/mol. The van der Waals surface area contributed by atoms with Crippen molar-refractivity contribution in [1.29, 1.82) is 0 Å². The van der Waals surface area contributed by atoms with Crippen LogP contribution in [0.3, 0.4) is 0 Å². The molecule has 1 amide bonds. The van der Waals surface area contributed by atoms with Crippen molar-refractivity contribution in [2.24, 2.45) is 5.92 Å². The number of nitrogens with one attached hydrogen (secondary N) is 1. The van der Waals surface area contributed by atoms with E-state index in [0.717, 1.165) is 24.8 Å². The number of carbonyl (C=O) groups excluding carboxylic acids is 1.